The van der Waals surface area contributed by atoms with Gasteiger partial charge in [-0.2, -0.15) is 0 Å². The molecule has 0 unspecified atom stereocenters. The number of benzene rings is 10. The Morgan fingerprint density at radius 2 is 0.885 bits per heavy atom. The Labute approximate surface area is 355 Å². The van der Waals surface area contributed by atoms with Crippen molar-refractivity contribution in [2.45, 2.75) is 5.41 Å². The van der Waals surface area contributed by atoms with Crippen LogP contribution in [0.4, 0.5) is 17.1 Å². The minimum absolute atomic E-state index is 0.568. The van der Waals surface area contributed by atoms with Gasteiger partial charge in [0.25, 0.3) is 0 Å². The van der Waals surface area contributed by atoms with Crippen LogP contribution in [0.5, 0.6) is 0 Å². The summed E-state index contributed by atoms with van der Waals surface area (Å²) in [6.07, 6.45) is 0. The first-order chi connectivity index (χ1) is 30.3. The Morgan fingerprint density at radius 1 is 0.344 bits per heavy atom. The lowest BCUT2D eigenvalue weighted by atomic mass is 9.67. The van der Waals surface area contributed by atoms with Gasteiger partial charge in [0.2, 0.25) is 0 Å². The number of anilines is 3. The third-order valence-corrected chi connectivity index (χ3v) is 12.8. The van der Waals surface area contributed by atoms with Crippen LogP contribution in [-0.4, -0.2) is 4.57 Å². The SMILES string of the molecule is c1ccc(-c2ccc3c(c2)C(c2ccccc2)(c2ccccc2)c2cc(N(c4ccccc4)c4ccc5c6ccc7ccccc7c6n(-c6ccccc6)c5c4)ccc2-3)cc1. The van der Waals surface area contributed by atoms with Crippen LogP contribution in [0.2, 0.25) is 0 Å². The first-order valence-electron chi connectivity index (χ1n) is 21.1. The van der Waals surface area contributed by atoms with Gasteiger partial charge in [0, 0.05) is 38.9 Å². The van der Waals surface area contributed by atoms with E-state index in [1.807, 2.05) is 0 Å². The van der Waals surface area contributed by atoms with Gasteiger partial charge in [-0.05, 0) is 104 Å². The maximum atomic E-state index is 2.47. The van der Waals surface area contributed by atoms with E-state index in [9.17, 15) is 0 Å². The van der Waals surface area contributed by atoms with Crippen molar-refractivity contribution in [3.05, 3.63) is 265 Å². The van der Waals surface area contributed by atoms with Crippen molar-refractivity contribution < 1.29 is 0 Å². The zero-order valence-electron chi connectivity index (χ0n) is 33.5. The van der Waals surface area contributed by atoms with E-state index < -0.39 is 5.41 Å². The molecule has 1 aliphatic carbocycles. The molecule has 286 valence electrons. The van der Waals surface area contributed by atoms with Crippen molar-refractivity contribution >= 4 is 49.6 Å². The standard InChI is InChI=1S/C59H40N2/c1-6-18-41(19-7-1)43-31-34-51-52-36-32-48(39-56(52)59(55(51)38-43,44-21-8-2-9-22-44)45-23-10-3-11-24-45)60(46-25-12-4-13-26-46)49-33-37-53-54-35-30-42-20-16-17-29-50(42)58(54)61(57(53)40-49)47-27-14-5-15-28-47/h1-40H. The highest BCUT2D eigenvalue weighted by Crippen LogP contribution is 2.58. The minimum atomic E-state index is -0.568. The Morgan fingerprint density at radius 3 is 1.59 bits per heavy atom. The number of aromatic nitrogens is 1. The van der Waals surface area contributed by atoms with E-state index in [4.69, 9.17) is 0 Å². The summed E-state index contributed by atoms with van der Waals surface area (Å²) in [6, 6.07) is 89.1. The molecular formula is C59H40N2. The van der Waals surface area contributed by atoms with Gasteiger partial charge in [-0.3, -0.25) is 0 Å². The molecule has 11 aromatic rings. The Balaban J connectivity index is 1.13. The summed E-state index contributed by atoms with van der Waals surface area (Å²) in [5.74, 6) is 0. The molecule has 0 atom stereocenters. The maximum absolute atomic E-state index is 2.47. The van der Waals surface area contributed by atoms with E-state index in [1.165, 1.54) is 77.1 Å². The monoisotopic (exact) mass is 776 g/mol. The molecule has 0 saturated heterocycles. The van der Waals surface area contributed by atoms with Gasteiger partial charge in [-0.15, -0.1) is 0 Å². The lowest BCUT2D eigenvalue weighted by Gasteiger charge is -2.35. The van der Waals surface area contributed by atoms with E-state index in [0.717, 1.165) is 22.7 Å². The summed E-state index contributed by atoms with van der Waals surface area (Å²) in [5, 5.41) is 4.95. The quantitative estimate of drug-likeness (QED) is 0.156. The van der Waals surface area contributed by atoms with E-state index in [2.05, 4.69) is 252 Å². The summed E-state index contributed by atoms with van der Waals surface area (Å²) in [5.41, 5.74) is 16.3. The second-order valence-electron chi connectivity index (χ2n) is 16.1. The molecule has 1 aromatic heterocycles. The molecule has 0 saturated carbocycles. The van der Waals surface area contributed by atoms with Gasteiger partial charge < -0.3 is 9.47 Å². The predicted octanol–water partition coefficient (Wildman–Crippen LogP) is 15.4. The highest BCUT2D eigenvalue weighted by Gasteiger charge is 2.46. The molecule has 0 amide bonds. The average molecular weight is 777 g/mol. The fourth-order valence-electron chi connectivity index (χ4n) is 10.2. The van der Waals surface area contributed by atoms with Crippen LogP contribution in [0, 0.1) is 0 Å². The topological polar surface area (TPSA) is 8.17 Å². The van der Waals surface area contributed by atoms with Crippen LogP contribution >= 0.6 is 0 Å². The molecule has 0 radical (unpaired) electrons. The summed E-state index contributed by atoms with van der Waals surface area (Å²) >= 11 is 0. The molecule has 0 aliphatic heterocycles. The lowest BCUT2D eigenvalue weighted by Crippen LogP contribution is -2.28. The second-order valence-corrected chi connectivity index (χ2v) is 16.1. The molecule has 2 nitrogen and oxygen atoms in total. The largest absolute Gasteiger partial charge is 0.310 e. The maximum Gasteiger partial charge on any atom is 0.0714 e. The average Bonchev–Trinajstić information content (AvgIpc) is 3.83. The molecule has 61 heavy (non-hydrogen) atoms. The summed E-state index contributed by atoms with van der Waals surface area (Å²) in [6.45, 7) is 0. The molecule has 0 fully saturated rings. The number of fused-ring (bicyclic) bond motifs is 8. The van der Waals surface area contributed by atoms with Crippen molar-refractivity contribution in [1.82, 2.24) is 4.57 Å². The zero-order valence-corrected chi connectivity index (χ0v) is 33.5. The highest BCUT2D eigenvalue weighted by molar-refractivity contribution is 6.19. The molecule has 10 aromatic carbocycles. The molecular weight excluding hydrogens is 737 g/mol. The molecule has 1 aliphatic rings. The number of rotatable bonds is 7. The molecule has 2 heteroatoms. The Bertz CT molecular complexity index is 3350. The third-order valence-electron chi connectivity index (χ3n) is 12.8. The summed E-state index contributed by atoms with van der Waals surface area (Å²) < 4.78 is 2.46. The smallest absolute Gasteiger partial charge is 0.0714 e. The molecule has 12 rings (SSSR count). The van der Waals surface area contributed by atoms with Crippen LogP contribution in [0.25, 0.3) is 60.5 Å². The Hall–Kier alpha value is -7.94. The third kappa shape index (κ3) is 5.43. The van der Waals surface area contributed by atoms with Crippen LogP contribution < -0.4 is 4.90 Å². The normalized spacial score (nSPS) is 12.7. The van der Waals surface area contributed by atoms with E-state index in [0.29, 0.717) is 0 Å². The zero-order chi connectivity index (χ0) is 40.3. The van der Waals surface area contributed by atoms with Gasteiger partial charge >= 0.3 is 0 Å². The van der Waals surface area contributed by atoms with Crippen molar-refractivity contribution in [3.63, 3.8) is 0 Å². The van der Waals surface area contributed by atoms with Crippen LogP contribution in [0.3, 0.4) is 0 Å². The first kappa shape index (κ1) is 35.0. The highest BCUT2D eigenvalue weighted by atomic mass is 15.1. The predicted molar refractivity (Wildman–Crippen MR) is 256 cm³/mol. The van der Waals surface area contributed by atoms with Crippen molar-refractivity contribution in [1.29, 1.82) is 0 Å². The summed E-state index contributed by atoms with van der Waals surface area (Å²) in [4.78, 5) is 2.43. The van der Waals surface area contributed by atoms with E-state index in [-0.39, 0.29) is 0 Å². The number of para-hydroxylation sites is 2. The molecule has 0 spiro atoms. The van der Waals surface area contributed by atoms with E-state index >= 15 is 0 Å². The van der Waals surface area contributed by atoms with Gasteiger partial charge in [0.1, 0.15) is 0 Å². The van der Waals surface area contributed by atoms with Gasteiger partial charge in [-0.25, -0.2) is 0 Å². The second kappa shape index (κ2) is 14.1. The minimum Gasteiger partial charge on any atom is -0.310 e. The molecule has 1 heterocycles. The number of nitrogens with zero attached hydrogens (tertiary/aromatic N) is 2. The molecule has 0 N–H and O–H groups in total. The number of hydrogen-bond acceptors (Lipinski definition) is 1. The lowest BCUT2D eigenvalue weighted by molar-refractivity contribution is 0.768. The first-order valence-corrected chi connectivity index (χ1v) is 21.1. The fraction of sp³-hybridized carbons (Fsp3) is 0.0169. The van der Waals surface area contributed by atoms with Crippen molar-refractivity contribution in [2.75, 3.05) is 4.90 Å². The van der Waals surface area contributed by atoms with Crippen LogP contribution in [0.1, 0.15) is 22.3 Å². The summed E-state index contributed by atoms with van der Waals surface area (Å²) in [7, 11) is 0. The van der Waals surface area contributed by atoms with E-state index in [1.54, 1.807) is 0 Å². The van der Waals surface area contributed by atoms with Gasteiger partial charge in [0.05, 0.1) is 16.4 Å². The molecule has 0 bridgehead atoms. The van der Waals surface area contributed by atoms with Crippen molar-refractivity contribution in [2.24, 2.45) is 0 Å². The van der Waals surface area contributed by atoms with Crippen molar-refractivity contribution in [3.8, 4) is 27.9 Å². The fourth-order valence-corrected chi connectivity index (χ4v) is 10.2. The van der Waals surface area contributed by atoms with Gasteiger partial charge in [-0.1, -0.05) is 188 Å². The van der Waals surface area contributed by atoms with Crippen LogP contribution in [0.15, 0.2) is 243 Å². The van der Waals surface area contributed by atoms with Crippen LogP contribution in [-0.2, 0) is 5.41 Å². The number of hydrogen-bond donors (Lipinski definition) is 0. The van der Waals surface area contributed by atoms with Gasteiger partial charge in [0.15, 0.2) is 0 Å². The Kier molecular flexibility index (Phi) is 8.11.